The Bertz CT molecular complexity index is 307. The molecule has 1 saturated heterocycles. The molecule has 2 heterocycles. The van der Waals surface area contributed by atoms with Crippen molar-refractivity contribution >= 4 is 0 Å². The van der Waals surface area contributed by atoms with Gasteiger partial charge in [-0.1, -0.05) is 0 Å². The van der Waals surface area contributed by atoms with Gasteiger partial charge in [0, 0.05) is 6.54 Å². The van der Waals surface area contributed by atoms with Crippen LogP contribution in [-0.2, 0) is 17.9 Å². The van der Waals surface area contributed by atoms with E-state index in [1.807, 2.05) is 4.68 Å². The molecular formula is C11H20N4O. The normalized spacial score (nSPS) is 17.8. The molecule has 0 bridgehead atoms. The lowest BCUT2D eigenvalue weighted by molar-refractivity contribution is 0.0701. The standard InChI is InChI=1S/C11H20N4O/c1-2-15-11(13-9-14-15)8-16-7-10-3-5-12-6-4-10/h9-10,12H,2-8H2,1H3. The maximum atomic E-state index is 5.71. The molecule has 0 unspecified atom stereocenters. The molecule has 0 aromatic carbocycles. The first kappa shape index (κ1) is 11.5. The molecule has 1 aliphatic rings. The summed E-state index contributed by atoms with van der Waals surface area (Å²) in [4.78, 5) is 4.18. The number of aryl methyl sites for hydroxylation is 1. The van der Waals surface area contributed by atoms with Crippen LogP contribution in [0.2, 0.25) is 0 Å². The lowest BCUT2D eigenvalue weighted by atomic mass is 9.99. The highest BCUT2D eigenvalue weighted by Gasteiger charge is 2.13. The summed E-state index contributed by atoms with van der Waals surface area (Å²) < 4.78 is 7.59. The number of piperidine rings is 1. The molecule has 1 aromatic heterocycles. The van der Waals surface area contributed by atoms with Gasteiger partial charge in [0.25, 0.3) is 0 Å². The summed E-state index contributed by atoms with van der Waals surface area (Å²) >= 11 is 0. The van der Waals surface area contributed by atoms with E-state index < -0.39 is 0 Å². The fourth-order valence-electron chi connectivity index (χ4n) is 2.03. The van der Waals surface area contributed by atoms with E-state index in [0.717, 1.165) is 32.1 Å². The van der Waals surface area contributed by atoms with Crippen LogP contribution in [0.3, 0.4) is 0 Å². The molecule has 1 aliphatic heterocycles. The third-order valence-electron chi connectivity index (χ3n) is 3.04. The molecule has 1 aromatic rings. The third kappa shape index (κ3) is 3.02. The highest BCUT2D eigenvalue weighted by molar-refractivity contribution is 4.81. The molecule has 90 valence electrons. The summed E-state index contributed by atoms with van der Waals surface area (Å²) in [5.74, 6) is 1.63. The number of hydrogen-bond donors (Lipinski definition) is 1. The van der Waals surface area contributed by atoms with E-state index in [4.69, 9.17) is 4.74 Å². The Kier molecular flexibility index (Phi) is 4.30. The van der Waals surface area contributed by atoms with Crippen LogP contribution in [0.1, 0.15) is 25.6 Å². The Morgan fingerprint density at radius 2 is 2.31 bits per heavy atom. The average molecular weight is 224 g/mol. The van der Waals surface area contributed by atoms with Gasteiger partial charge in [-0.3, -0.25) is 0 Å². The summed E-state index contributed by atoms with van der Waals surface area (Å²) in [5, 5.41) is 7.47. The predicted octanol–water partition coefficient (Wildman–Crippen LogP) is 0.814. The van der Waals surface area contributed by atoms with Gasteiger partial charge >= 0.3 is 0 Å². The second-order valence-electron chi connectivity index (χ2n) is 4.20. The van der Waals surface area contributed by atoms with E-state index in [2.05, 4.69) is 22.3 Å². The van der Waals surface area contributed by atoms with Crippen LogP contribution in [-0.4, -0.2) is 34.5 Å². The van der Waals surface area contributed by atoms with Gasteiger partial charge in [0.1, 0.15) is 12.9 Å². The van der Waals surface area contributed by atoms with Crippen molar-refractivity contribution in [3.63, 3.8) is 0 Å². The van der Waals surface area contributed by atoms with Crippen molar-refractivity contribution in [3.8, 4) is 0 Å². The van der Waals surface area contributed by atoms with E-state index in [9.17, 15) is 0 Å². The van der Waals surface area contributed by atoms with E-state index in [-0.39, 0.29) is 0 Å². The SMILES string of the molecule is CCn1ncnc1COCC1CCNCC1. The molecule has 1 fully saturated rings. The molecule has 5 heteroatoms. The van der Waals surface area contributed by atoms with Crippen LogP contribution < -0.4 is 5.32 Å². The number of rotatable bonds is 5. The van der Waals surface area contributed by atoms with Crippen LogP contribution in [0, 0.1) is 5.92 Å². The molecule has 5 nitrogen and oxygen atoms in total. The second kappa shape index (κ2) is 5.96. The van der Waals surface area contributed by atoms with Crippen LogP contribution in [0.15, 0.2) is 6.33 Å². The predicted molar refractivity (Wildman–Crippen MR) is 60.9 cm³/mol. The van der Waals surface area contributed by atoms with Crippen molar-refractivity contribution in [1.82, 2.24) is 20.1 Å². The first-order chi connectivity index (χ1) is 7.90. The first-order valence-electron chi connectivity index (χ1n) is 6.05. The molecule has 0 aliphatic carbocycles. The fraction of sp³-hybridized carbons (Fsp3) is 0.818. The Hall–Kier alpha value is -0.940. The number of hydrogen-bond acceptors (Lipinski definition) is 4. The largest absolute Gasteiger partial charge is 0.373 e. The van der Waals surface area contributed by atoms with Gasteiger partial charge in [0.05, 0.1) is 6.61 Å². The maximum absolute atomic E-state index is 5.71. The zero-order valence-corrected chi connectivity index (χ0v) is 9.85. The number of nitrogens with zero attached hydrogens (tertiary/aromatic N) is 3. The van der Waals surface area contributed by atoms with E-state index in [1.54, 1.807) is 6.33 Å². The van der Waals surface area contributed by atoms with Crippen molar-refractivity contribution in [2.24, 2.45) is 5.92 Å². The van der Waals surface area contributed by atoms with Crippen molar-refractivity contribution in [3.05, 3.63) is 12.2 Å². The van der Waals surface area contributed by atoms with Gasteiger partial charge in [0.2, 0.25) is 0 Å². The smallest absolute Gasteiger partial charge is 0.152 e. The minimum absolute atomic E-state index is 0.581. The van der Waals surface area contributed by atoms with E-state index >= 15 is 0 Å². The highest BCUT2D eigenvalue weighted by Crippen LogP contribution is 2.12. The van der Waals surface area contributed by atoms with Gasteiger partial charge in [-0.25, -0.2) is 9.67 Å². The minimum atomic E-state index is 0.581. The molecule has 0 spiro atoms. The van der Waals surface area contributed by atoms with Gasteiger partial charge in [-0.15, -0.1) is 0 Å². The highest BCUT2D eigenvalue weighted by atomic mass is 16.5. The van der Waals surface area contributed by atoms with Gasteiger partial charge < -0.3 is 10.1 Å². The molecule has 16 heavy (non-hydrogen) atoms. The van der Waals surface area contributed by atoms with Gasteiger partial charge in [-0.2, -0.15) is 5.10 Å². The van der Waals surface area contributed by atoms with Crippen LogP contribution >= 0.6 is 0 Å². The molecule has 0 radical (unpaired) electrons. The molecular weight excluding hydrogens is 204 g/mol. The Labute approximate surface area is 96.2 Å². The van der Waals surface area contributed by atoms with Crippen molar-refractivity contribution in [1.29, 1.82) is 0 Å². The Morgan fingerprint density at radius 3 is 3.06 bits per heavy atom. The van der Waals surface area contributed by atoms with Gasteiger partial charge in [-0.05, 0) is 38.8 Å². The zero-order valence-electron chi connectivity index (χ0n) is 9.85. The van der Waals surface area contributed by atoms with Gasteiger partial charge in [0.15, 0.2) is 5.82 Å². The van der Waals surface area contributed by atoms with Crippen molar-refractivity contribution in [2.45, 2.75) is 32.9 Å². The van der Waals surface area contributed by atoms with Crippen molar-refractivity contribution < 1.29 is 4.74 Å². The third-order valence-corrected chi connectivity index (χ3v) is 3.04. The monoisotopic (exact) mass is 224 g/mol. The lowest BCUT2D eigenvalue weighted by Gasteiger charge is -2.22. The Morgan fingerprint density at radius 1 is 1.50 bits per heavy atom. The number of nitrogens with one attached hydrogen (secondary N) is 1. The topological polar surface area (TPSA) is 52.0 Å². The summed E-state index contributed by atoms with van der Waals surface area (Å²) in [6, 6.07) is 0. The Balaban J connectivity index is 1.71. The fourth-order valence-corrected chi connectivity index (χ4v) is 2.03. The van der Waals surface area contributed by atoms with Crippen molar-refractivity contribution in [2.75, 3.05) is 19.7 Å². The second-order valence-corrected chi connectivity index (χ2v) is 4.20. The van der Waals surface area contributed by atoms with Crippen LogP contribution in [0.4, 0.5) is 0 Å². The molecule has 2 rings (SSSR count). The number of aromatic nitrogens is 3. The summed E-state index contributed by atoms with van der Waals surface area (Å²) in [6.45, 7) is 6.59. The number of ether oxygens (including phenoxy) is 1. The zero-order chi connectivity index (χ0) is 11.2. The molecule has 0 atom stereocenters. The average Bonchev–Trinajstić information content (AvgIpc) is 2.78. The summed E-state index contributed by atoms with van der Waals surface area (Å²) in [5.41, 5.74) is 0. The quantitative estimate of drug-likeness (QED) is 0.804. The lowest BCUT2D eigenvalue weighted by Crippen LogP contribution is -2.30. The summed E-state index contributed by atoms with van der Waals surface area (Å²) in [6.07, 6.45) is 4.04. The summed E-state index contributed by atoms with van der Waals surface area (Å²) in [7, 11) is 0. The minimum Gasteiger partial charge on any atom is -0.373 e. The molecule has 1 N–H and O–H groups in total. The van der Waals surface area contributed by atoms with E-state index in [0.29, 0.717) is 12.5 Å². The molecule has 0 saturated carbocycles. The van der Waals surface area contributed by atoms with Crippen LogP contribution in [0.25, 0.3) is 0 Å². The molecule has 0 amide bonds. The van der Waals surface area contributed by atoms with E-state index in [1.165, 1.54) is 12.8 Å². The maximum Gasteiger partial charge on any atom is 0.152 e. The van der Waals surface area contributed by atoms with Crippen LogP contribution in [0.5, 0.6) is 0 Å². The first-order valence-corrected chi connectivity index (χ1v) is 6.05.